The quantitative estimate of drug-likeness (QED) is 0.382. The molecule has 0 amide bonds. The summed E-state index contributed by atoms with van der Waals surface area (Å²) in [6.45, 7) is 1.74. The molecule has 0 spiro atoms. The zero-order chi connectivity index (χ0) is 23.8. The molecule has 0 aliphatic heterocycles. The van der Waals surface area contributed by atoms with Gasteiger partial charge in [-0.3, -0.25) is 4.98 Å². The SMILES string of the molecule is Cc1cc(-c2ccc(C(F)(F)F)nc2)nc(-c2ccc(-c3cc(F)cc(C(=O)O)c3)cc2)n1. The first kappa shape index (κ1) is 22.1. The smallest absolute Gasteiger partial charge is 0.433 e. The topological polar surface area (TPSA) is 76.0 Å². The standard InChI is InChI=1S/C24H15F4N3O2/c1-13-8-20(16-6-7-21(29-12-16)24(26,27)28)31-22(30-13)15-4-2-14(3-5-15)17-9-18(23(32)33)11-19(25)10-17/h2-12H,1H3,(H,32,33). The highest BCUT2D eigenvalue weighted by molar-refractivity contribution is 5.89. The van der Waals surface area contributed by atoms with Crippen LogP contribution in [0.3, 0.4) is 0 Å². The molecule has 1 N–H and O–H groups in total. The first-order valence-electron chi connectivity index (χ1n) is 9.64. The van der Waals surface area contributed by atoms with Gasteiger partial charge in [-0.25, -0.2) is 19.2 Å². The van der Waals surface area contributed by atoms with Gasteiger partial charge in [0.1, 0.15) is 11.5 Å². The minimum Gasteiger partial charge on any atom is -0.478 e. The number of carboxylic acid groups (broad SMARTS) is 1. The van der Waals surface area contributed by atoms with Gasteiger partial charge in [0, 0.05) is 23.0 Å². The fourth-order valence-electron chi connectivity index (χ4n) is 3.25. The molecule has 2 aromatic heterocycles. The van der Waals surface area contributed by atoms with Gasteiger partial charge in [0.25, 0.3) is 0 Å². The van der Waals surface area contributed by atoms with Crippen LogP contribution in [0, 0.1) is 12.7 Å². The van der Waals surface area contributed by atoms with Crippen LogP contribution in [0.2, 0.25) is 0 Å². The number of pyridine rings is 1. The van der Waals surface area contributed by atoms with Crippen LogP contribution in [0.5, 0.6) is 0 Å². The van der Waals surface area contributed by atoms with E-state index in [2.05, 4.69) is 15.0 Å². The number of benzene rings is 2. The van der Waals surface area contributed by atoms with E-state index in [1.54, 1.807) is 37.3 Å². The fourth-order valence-corrected chi connectivity index (χ4v) is 3.25. The molecule has 9 heteroatoms. The lowest BCUT2D eigenvalue weighted by atomic mass is 10.0. The molecule has 2 aromatic carbocycles. The van der Waals surface area contributed by atoms with Crippen LogP contribution in [-0.4, -0.2) is 26.0 Å². The summed E-state index contributed by atoms with van der Waals surface area (Å²) in [5.74, 6) is -1.54. The number of carboxylic acids is 1. The van der Waals surface area contributed by atoms with Crippen molar-refractivity contribution in [3.63, 3.8) is 0 Å². The molecule has 0 aliphatic carbocycles. The van der Waals surface area contributed by atoms with E-state index in [0.29, 0.717) is 39.5 Å². The van der Waals surface area contributed by atoms with E-state index in [1.165, 1.54) is 18.2 Å². The molecule has 0 aliphatic rings. The summed E-state index contributed by atoms with van der Waals surface area (Å²) in [4.78, 5) is 23.5. The van der Waals surface area contributed by atoms with E-state index in [0.717, 1.165) is 18.3 Å². The fraction of sp³-hybridized carbons (Fsp3) is 0.0833. The number of hydrogen-bond acceptors (Lipinski definition) is 4. The Bertz CT molecular complexity index is 1340. The van der Waals surface area contributed by atoms with Crippen molar-refractivity contribution in [3.05, 3.63) is 89.6 Å². The van der Waals surface area contributed by atoms with E-state index >= 15 is 0 Å². The third kappa shape index (κ3) is 4.87. The van der Waals surface area contributed by atoms with Crippen molar-refractivity contribution in [3.8, 4) is 33.8 Å². The summed E-state index contributed by atoms with van der Waals surface area (Å²) >= 11 is 0. The molecular formula is C24H15F4N3O2. The van der Waals surface area contributed by atoms with Crippen molar-refractivity contribution >= 4 is 5.97 Å². The van der Waals surface area contributed by atoms with Crippen molar-refractivity contribution in [2.24, 2.45) is 0 Å². The number of rotatable bonds is 4. The van der Waals surface area contributed by atoms with Crippen LogP contribution >= 0.6 is 0 Å². The van der Waals surface area contributed by atoms with E-state index in [9.17, 15) is 22.4 Å². The highest BCUT2D eigenvalue weighted by Crippen LogP contribution is 2.30. The van der Waals surface area contributed by atoms with Crippen molar-refractivity contribution < 1.29 is 27.5 Å². The highest BCUT2D eigenvalue weighted by atomic mass is 19.4. The number of aromatic carboxylic acids is 1. The van der Waals surface area contributed by atoms with Gasteiger partial charge in [-0.2, -0.15) is 13.2 Å². The minimum absolute atomic E-state index is 0.161. The molecule has 0 saturated heterocycles. The van der Waals surface area contributed by atoms with E-state index in [-0.39, 0.29) is 5.56 Å². The summed E-state index contributed by atoms with van der Waals surface area (Å²) in [6.07, 6.45) is -3.42. The number of aromatic nitrogens is 3. The Labute approximate surface area is 185 Å². The molecule has 0 fully saturated rings. The first-order chi connectivity index (χ1) is 15.6. The second-order valence-corrected chi connectivity index (χ2v) is 7.26. The molecule has 5 nitrogen and oxygen atoms in total. The molecule has 0 atom stereocenters. The average molecular weight is 453 g/mol. The molecule has 4 aromatic rings. The van der Waals surface area contributed by atoms with Crippen molar-refractivity contribution in [1.82, 2.24) is 15.0 Å². The normalized spacial score (nSPS) is 11.4. The van der Waals surface area contributed by atoms with Gasteiger partial charge in [0.15, 0.2) is 5.82 Å². The Morgan fingerprint density at radius 1 is 0.848 bits per heavy atom. The lowest BCUT2D eigenvalue weighted by Gasteiger charge is -2.09. The first-order valence-corrected chi connectivity index (χ1v) is 9.64. The number of carbonyl (C=O) groups is 1. The second-order valence-electron chi connectivity index (χ2n) is 7.26. The van der Waals surface area contributed by atoms with E-state index < -0.39 is 23.7 Å². The Morgan fingerprint density at radius 3 is 2.12 bits per heavy atom. The van der Waals surface area contributed by atoms with Crippen LogP contribution in [0.15, 0.2) is 66.9 Å². The molecule has 0 bridgehead atoms. The average Bonchev–Trinajstić information content (AvgIpc) is 2.78. The summed E-state index contributed by atoms with van der Waals surface area (Å²) in [6, 6.07) is 14.1. The Balaban J connectivity index is 1.67. The number of alkyl halides is 3. The molecule has 2 heterocycles. The van der Waals surface area contributed by atoms with Gasteiger partial charge in [-0.05, 0) is 54.4 Å². The van der Waals surface area contributed by atoms with Crippen LogP contribution in [0.4, 0.5) is 17.6 Å². The predicted molar refractivity (Wildman–Crippen MR) is 113 cm³/mol. The molecule has 0 unspecified atom stereocenters. The maximum Gasteiger partial charge on any atom is 0.433 e. The number of hydrogen-bond donors (Lipinski definition) is 1. The third-order valence-electron chi connectivity index (χ3n) is 4.83. The maximum absolute atomic E-state index is 13.8. The summed E-state index contributed by atoms with van der Waals surface area (Å²) in [7, 11) is 0. The number of nitrogens with zero attached hydrogens (tertiary/aromatic N) is 3. The third-order valence-corrected chi connectivity index (χ3v) is 4.83. The predicted octanol–water partition coefficient (Wildman–Crippen LogP) is 6.04. The van der Waals surface area contributed by atoms with Gasteiger partial charge in [0.05, 0.1) is 11.3 Å². The minimum atomic E-state index is -4.53. The summed E-state index contributed by atoms with van der Waals surface area (Å²) < 4.78 is 52.1. The Kier molecular flexibility index (Phi) is 5.63. The van der Waals surface area contributed by atoms with Crippen molar-refractivity contribution in [1.29, 1.82) is 0 Å². The van der Waals surface area contributed by atoms with Gasteiger partial charge in [-0.1, -0.05) is 24.3 Å². The second kappa shape index (κ2) is 8.42. The van der Waals surface area contributed by atoms with Crippen LogP contribution in [0.25, 0.3) is 33.8 Å². The van der Waals surface area contributed by atoms with Gasteiger partial charge >= 0.3 is 12.1 Å². The van der Waals surface area contributed by atoms with Crippen molar-refractivity contribution in [2.75, 3.05) is 0 Å². The monoisotopic (exact) mass is 453 g/mol. The van der Waals surface area contributed by atoms with E-state index in [1.807, 2.05) is 0 Å². The van der Waals surface area contributed by atoms with Crippen LogP contribution < -0.4 is 0 Å². The number of halogens is 4. The van der Waals surface area contributed by atoms with Gasteiger partial charge < -0.3 is 5.11 Å². The Hall–Kier alpha value is -4.14. The maximum atomic E-state index is 13.8. The van der Waals surface area contributed by atoms with Crippen LogP contribution in [-0.2, 0) is 6.18 Å². The van der Waals surface area contributed by atoms with E-state index in [4.69, 9.17) is 5.11 Å². The van der Waals surface area contributed by atoms with Crippen molar-refractivity contribution in [2.45, 2.75) is 13.1 Å². The molecule has 4 rings (SSSR count). The van der Waals surface area contributed by atoms with Gasteiger partial charge in [0.2, 0.25) is 0 Å². The Morgan fingerprint density at radius 2 is 1.52 bits per heavy atom. The van der Waals surface area contributed by atoms with Crippen LogP contribution in [0.1, 0.15) is 21.7 Å². The zero-order valence-corrected chi connectivity index (χ0v) is 17.1. The summed E-state index contributed by atoms with van der Waals surface area (Å²) in [5, 5.41) is 9.13. The molecular weight excluding hydrogens is 438 g/mol. The molecule has 0 saturated carbocycles. The van der Waals surface area contributed by atoms with Gasteiger partial charge in [-0.15, -0.1) is 0 Å². The lowest BCUT2D eigenvalue weighted by Crippen LogP contribution is -2.07. The molecule has 166 valence electrons. The zero-order valence-electron chi connectivity index (χ0n) is 17.1. The molecule has 33 heavy (non-hydrogen) atoms. The summed E-state index contributed by atoms with van der Waals surface area (Å²) in [5.41, 5.74) is 1.91. The number of aryl methyl sites for hydroxylation is 1. The largest absolute Gasteiger partial charge is 0.478 e. The molecule has 0 radical (unpaired) electrons. The lowest BCUT2D eigenvalue weighted by molar-refractivity contribution is -0.141. The highest BCUT2D eigenvalue weighted by Gasteiger charge is 2.32.